The van der Waals surface area contributed by atoms with Gasteiger partial charge in [0.05, 0.1) is 0 Å². The van der Waals surface area contributed by atoms with E-state index in [0.29, 0.717) is 5.69 Å². The molecule has 144 valence electrons. The van der Waals surface area contributed by atoms with Gasteiger partial charge in [0, 0.05) is 5.69 Å². The number of carbonyl (C=O) groups is 2. The van der Waals surface area contributed by atoms with Crippen molar-refractivity contribution in [1.29, 1.82) is 0 Å². The molecule has 1 atom stereocenters. The van der Waals surface area contributed by atoms with Crippen molar-refractivity contribution in [1.82, 2.24) is 4.72 Å². The molecule has 0 saturated carbocycles. The Morgan fingerprint density at radius 3 is 2.41 bits per heavy atom. The van der Waals surface area contributed by atoms with E-state index in [4.69, 9.17) is 4.74 Å². The van der Waals surface area contributed by atoms with E-state index < -0.39 is 45.3 Å². The Morgan fingerprint density at radius 1 is 1.11 bits per heavy atom. The number of anilines is 1. The third-order valence-corrected chi connectivity index (χ3v) is 5.15. The molecule has 0 aliphatic rings. The van der Waals surface area contributed by atoms with Gasteiger partial charge in [-0.15, -0.1) is 0 Å². The minimum Gasteiger partial charge on any atom is -0.454 e. The van der Waals surface area contributed by atoms with Crippen molar-refractivity contribution in [2.24, 2.45) is 0 Å². The predicted molar refractivity (Wildman–Crippen MR) is 97.0 cm³/mol. The number of sulfonamides is 1. The molecule has 9 heteroatoms. The topological polar surface area (TPSA) is 102 Å². The summed E-state index contributed by atoms with van der Waals surface area (Å²) in [6, 6.07) is 10.5. The second-order valence-electron chi connectivity index (χ2n) is 5.74. The number of rotatable bonds is 7. The summed E-state index contributed by atoms with van der Waals surface area (Å²) in [6.07, 6.45) is 0. The zero-order valence-electron chi connectivity index (χ0n) is 14.7. The molecule has 0 heterocycles. The van der Waals surface area contributed by atoms with Crippen molar-refractivity contribution in [3.63, 3.8) is 0 Å². The third kappa shape index (κ3) is 5.60. The quantitative estimate of drug-likeness (QED) is 0.700. The van der Waals surface area contributed by atoms with Gasteiger partial charge in [0.15, 0.2) is 6.61 Å². The van der Waals surface area contributed by atoms with Gasteiger partial charge < -0.3 is 10.1 Å². The van der Waals surface area contributed by atoms with Crippen LogP contribution in [-0.4, -0.2) is 32.9 Å². The average molecular weight is 394 g/mol. The van der Waals surface area contributed by atoms with Crippen molar-refractivity contribution in [3.05, 3.63) is 59.9 Å². The molecule has 2 rings (SSSR count). The van der Waals surface area contributed by atoms with E-state index in [0.717, 1.165) is 17.7 Å². The fourth-order valence-corrected chi connectivity index (χ4v) is 3.44. The SMILES string of the molecule is Cc1ccccc1NC(=O)COC(=O)[C@H](C)NS(=O)(=O)c1ccccc1F. The summed E-state index contributed by atoms with van der Waals surface area (Å²) in [7, 11) is -4.25. The van der Waals surface area contributed by atoms with Crippen LogP contribution in [0.1, 0.15) is 12.5 Å². The maximum atomic E-state index is 13.6. The van der Waals surface area contributed by atoms with Crippen LogP contribution in [0.5, 0.6) is 0 Å². The lowest BCUT2D eigenvalue weighted by atomic mass is 10.2. The van der Waals surface area contributed by atoms with Gasteiger partial charge in [-0.1, -0.05) is 30.3 Å². The lowest BCUT2D eigenvalue weighted by Crippen LogP contribution is -2.40. The number of amides is 1. The average Bonchev–Trinajstić information content (AvgIpc) is 2.61. The molecule has 2 aromatic rings. The molecular weight excluding hydrogens is 375 g/mol. The van der Waals surface area contributed by atoms with E-state index in [9.17, 15) is 22.4 Å². The summed E-state index contributed by atoms with van der Waals surface area (Å²) in [4.78, 5) is 23.2. The standard InChI is InChI=1S/C18H19FN2O5S/c1-12-7-3-5-9-15(12)20-17(22)11-26-18(23)13(2)21-27(24,25)16-10-6-4-8-14(16)19/h3-10,13,21H,11H2,1-2H3,(H,20,22)/t13-/m0/s1. The van der Waals surface area contributed by atoms with Gasteiger partial charge in [-0.25, -0.2) is 12.8 Å². The van der Waals surface area contributed by atoms with E-state index in [1.807, 2.05) is 10.8 Å². The van der Waals surface area contributed by atoms with Gasteiger partial charge in [-0.3, -0.25) is 9.59 Å². The maximum absolute atomic E-state index is 13.6. The minimum atomic E-state index is -4.25. The van der Waals surface area contributed by atoms with Crippen LogP contribution in [-0.2, 0) is 24.3 Å². The Labute approximate surface area is 156 Å². The minimum absolute atomic E-state index is 0.568. The van der Waals surface area contributed by atoms with Gasteiger partial charge in [-0.2, -0.15) is 4.72 Å². The first-order valence-corrected chi connectivity index (χ1v) is 9.48. The number of hydrogen-bond donors (Lipinski definition) is 2. The molecule has 0 spiro atoms. The van der Waals surface area contributed by atoms with E-state index in [-0.39, 0.29) is 0 Å². The van der Waals surface area contributed by atoms with Crippen LogP contribution in [0, 0.1) is 12.7 Å². The fourth-order valence-electron chi connectivity index (χ4n) is 2.17. The predicted octanol–water partition coefficient (Wildman–Crippen LogP) is 1.98. The smallest absolute Gasteiger partial charge is 0.324 e. The van der Waals surface area contributed by atoms with Crippen molar-refractivity contribution in [3.8, 4) is 0 Å². The summed E-state index contributed by atoms with van der Waals surface area (Å²) < 4.78 is 44.8. The molecule has 0 radical (unpaired) electrons. The number of halogens is 1. The Bertz CT molecular complexity index is 946. The Kier molecular flexibility index (Phi) is 6.65. The molecule has 0 fully saturated rings. The van der Waals surface area contributed by atoms with E-state index in [2.05, 4.69) is 5.32 Å². The number of nitrogens with one attached hydrogen (secondary N) is 2. The molecule has 0 bridgehead atoms. The molecule has 2 N–H and O–H groups in total. The van der Waals surface area contributed by atoms with Gasteiger partial charge in [0.25, 0.3) is 5.91 Å². The summed E-state index contributed by atoms with van der Waals surface area (Å²) in [5.41, 5.74) is 1.41. The van der Waals surface area contributed by atoms with E-state index in [1.165, 1.54) is 19.1 Å². The fraction of sp³-hybridized carbons (Fsp3) is 0.222. The molecule has 27 heavy (non-hydrogen) atoms. The van der Waals surface area contributed by atoms with Crippen molar-refractivity contribution < 1.29 is 27.1 Å². The summed E-state index contributed by atoms with van der Waals surface area (Å²) in [6.45, 7) is 2.46. The molecule has 0 unspecified atom stereocenters. The first-order chi connectivity index (χ1) is 12.7. The number of aryl methyl sites for hydroxylation is 1. The molecule has 0 aromatic heterocycles. The molecule has 0 aliphatic carbocycles. The highest BCUT2D eigenvalue weighted by Crippen LogP contribution is 2.14. The Balaban J connectivity index is 1.91. The summed E-state index contributed by atoms with van der Waals surface area (Å²) >= 11 is 0. The number of para-hydroxylation sites is 1. The summed E-state index contributed by atoms with van der Waals surface area (Å²) in [5.74, 6) is -2.47. The maximum Gasteiger partial charge on any atom is 0.324 e. The van der Waals surface area contributed by atoms with Crippen LogP contribution in [0.2, 0.25) is 0 Å². The molecule has 1 amide bonds. The van der Waals surface area contributed by atoms with E-state index in [1.54, 1.807) is 25.1 Å². The van der Waals surface area contributed by atoms with Crippen LogP contribution in [0.15, 0.2) is 53.4 Å². The van der Waals surface area contributed by atoms with Crippen LogP contribution in [0.4, 0.5) is 10.1 Å². The largest absolute Gasteiger partial charge is 0.454 e. The van der Waals surface area contributed by atoms with Gasteiger partial charge in [0.1, 0.15) is 16.8 Å². The van der Waals surface area contributed by atoms with Gasteiger partial charge in [-0.05, 0) is 37.6 Å². The Hall–Kier alpha value is -2.78. The Morgan fingerprint density at radius 2 is 1.74 bits per heavy atom. The number of ether oxygens (including phenoxy) is 1. The second-order valence-corrected chi connectivity index (χ2v) is 7.43. The normalized spacial score (nSPS) is 12.3. The van der Waals surface area contributed by atoms with Gasteiger partial charge in [0.2, 0.25) is 10.0 Å². The molecule has 7 nitrogen and oxygen atoms in total. The first-order valence-electron chi connectivity index (χ1n) is 7.99. The van der Waals surface area contributed by atoms with Crippen LogP contribution < -0.4 is 10.0 Å². The number of esters is 1. The molecular formula is C18H19FN2O5S. The van der Waals surface area contributed by atoms with Crippen LogP contribution in [0.25, 0.3) is 0 Å². The monoisotopic (exact) mass is 394 g/mol. The highest BCUT2D eigenvalue weighted by molar-refractivity contribution is 7.89. The van der Waals surface area contributed by atoms with Crippen molar-refractivity contribution in [2.75, 3.05) is 11.9 Å². The first kappa shape index (κ1) is 20.5. The lowest BCUT2D eigenvalue weighted by molar-refractivity contribution is -0.148. The number of hydrogen-bond acceptors (Lipinski definition) is 5. The van der Waals surface area contributed by atoms with Crippen LogP contribution in [0.3, 0.4) is 0 Å². The second kappa shape index (κ2) is 8.74. The van der Waals surface area contributed by atoms with Crippen LogP contribution >= 0.6 is 0 Å². The van der Waals surface area contributed by atoms with Crippen molar-refractivity contribution >= 4 is 27.6 Å². The number of carbonyl (C=O) groups excluding carboxylic acids is 2. The summed E-state index contributed by atoms with van der Waals surface area (Å²) in [5, 5.41) is 2.58. The third-order valence-electron chi connectivity index (χ3n) is 3.58. The molecule has 2 aromatic carbocycles. The number of benzene rings is 2. The molecule has 0 aliphatic heterocycles. The van der Waals surface area contributed by atoms with Gasteiger partial charge >= 0.3 is 5.97 Å². The van der Waals surface area contributed by atoms with E-state index >= 15 is 0 Å². The van der Waals surface area contributed by atoms with Crippen molar-refractivity contribution in [2.45, 2.75) is 24.8 Å². The lowest BCUT2D eigenvalue weighted by Gasteiger charge is -2.14. The highest BCUT2D eigenvalue weighted by atomic mass is 32.2. The zero-order chi connectivity index (χ0) is 20.0. The highest BCUT2D eigenvalue weighted by Gasteiger charge is 2.25. The zero-order valence-corrected chi connectivity index (χ0v) is 15.5. The molecule has 0 saturated heterocycles.